The van der Waals surface area contributed by atoms with Gasteiger partial charge in [0.05, 0.1) is 5.56 Å². The highest BCUT2D eigenvalue weighted by atomic mass is 32.2. The summed E-state index contributed by atoms with van der Waals surface area (Å²) in [6.07, 6.45) is 2.73. The van der Waals surface area contributed by atoms with Gasteiger partial charge in [-0.05, 0) is 74.2 Å². The van der Waals surface area contributed by atoms with Crippen LogP contribution in [-0.2, 0) is 10.5 Å². The van der Waals surface area contributed by atoms with Crippen molar-refractivity contribution < 1.29 is 14.3 Å². The van der Waals surface area contributed by atoms with Gasteiger partial charge in [-0.2, -0.15) is 0 Å². The highest BCUT2D eigenvalue weighted by Crippen LogP contribution is 2.26. The van der Waals surface area contributed by atoms with E-state index < -0.39 is 11.7 Å². The van der Waals surface area contributed by atoms with Crippen molar-refractivity contribution in [2.24, 2.45) is 0 Å². The Morgan fingerprint density at radius 1 is 1.00 bits per heavy atom. The highest BCUT2D eigenvalue weighted by molar-refractivity contribution is 7.98. The van der Waals surface area contributed by atoms with E-state index in [1.54, 1.807) is 51.4 Å². The van der Waals surface area contributed by atoms with Gasteiger partial charge in [0, 0.05) is 23.8 Å². The smallest absolute Gasteiger partial charge is 0.413 e. The Morgan fingerprint density at radius 2 is 1.79 bits per heavy atom. The molecule has 0 fully saturated rings. The number of ether oxygens (including phenoxy) is 1. The van der Waals surface area contributed by atoms with Crippen LogP contribution in [-0.4, -0.2) is 27.6 Å². The van der Waals surface area contributed by atoms with Gasteiger partial charge in [0.15, 0.2) is 0 Å². The minimum Gasteiger partial charge on any atom is -0.444 e. The Hall–Kier alpha value is -3.39. The second kappa shape index (κ2) is 11.2. The third-order valence-electron chi connectivity index (χ3n) is 4.66. The van der Waals surface area contributed by atoms with Crippen LogP contribution in [0.3, 0.4) is 0 Å². The van der Waals surface area contributed by atoms with E-state index in [-0.39, 0.29) is 5.91 Å². The number of amides is 2. The SMILES string of the molecule is CC(C)c1cccc(NC(=O)c2cccnc2SCc2ccnc(NC(=O)OC(C)(C)C)c2)c1. The van der Waals surface area contributed by atoms with Gasteiger partial charge in [0.25, 0.3) is 5.91 Å². The van der Waals surface area contributed by atoms with Crippen molar-refractivity contribution in [2.45, 2.75) is 56.9 Å². The molecular weight excluding hydrogens is 448 g/mol. The summed E-state index contributed by atoms with van der Waals surface area (Å²) in [6.45, 7) is 9.63. The number of pyridine rings is 2. The Bertz CT molecular complexity index is 1160. The topological polar surface area (TPSA) is 93.2 Å². The fourth-order valence-electron chi connectivity index (χ4n) is 3.04. The molecule has 3 aromatic rings. The van der Waals surface area contributed by atoms with Gasteiger partial charge < -0.3 is 10.1 Å². The lowest BCUT2D eigenvalue weighted by atomic mass is 10.0. The summed E-state index contributed by atoms with van der Waals surface area (Å²) in [5.74, 6) is 1.11. The Kier molecular flexibility index (Phi) is 8.28. The van der Waals surface area contributed by atoms with Crippen molar-refractivity contribution in [3.8, 4) is 0 Å². The molecule has 3 rings (SSSR count). The standard InChI is InChI=1S/C26H30N4O3S/c1-17(2)19-8-6-9-20(15-19)29-23(31)21-10-7-12-28-24(21)34-16-18-11-13-27-22(14-18)30-25(32)33-26(3,4)5/h6-15,17H,16H2,1-5H3,(H,29,31)(H,27,30,32). The molecule has 0 radical (unpaired) electrons. The van der Waals surface area contributed by atoms with Crippen LogP contribution >= 0.6 is 11.8 Å². The predicted octanol–water partition coefficient (Wildman–Crippen LogP) is 6.49. The van der Waals surface area contributed by atoms with Crippen LogP contribution in [0.4, 0.5) is 16.3 Å². The molecule has 0 spiro atoms. The summed E-state index contributed by atoms with van der Waals surface area (Å²) in [7, 11) is 0. The number of carbonyl (C=O) groups is 2. The number of benzene rings is 1. The Balaban J connectivity index is 1.67. The van der Waals surface area contributed by atoms with Crippen molar-refractivity contribution in [3.05, 3.63) is 77.6 Å². The first kappa shape index (κ1) is 25.2. The van der Waals surface area contributed by atoms with E-state index in [1.807, 2.05) is 30.3 Å². The molecule has 0 bridgehead atoms. The molecule has 2 N–H and O–H groups in total. The maximum Gasteiger partial charge on any atom is 0.413 e. The number of hydrogen-bond acceptors (Lipinski definition) is 6. The summed E-state index contributed by atoms with van der Waals surface area (Å²) in [5.41, 5.74) is 2.75. The quantitative estimate of drug-likeness (QED) is 0.377. The second-order valence-corrected chi connectivity index (χ2v) is 10.0. The lowest BCUT2D eigenvalue weighted by Gasteiger charge is -2.19. The highest BCUT2D eigenvalue weighted by Gasteiger charge is 2.17. The average Bonchev–Trinajstić information content (AvgIpc) is 2.77. The molecule has 0 aliphatic rings. The molecule has 2 amide bonds. The van der Waals surface area contributed by atoms with Crippen molar-refractivity contribution in [1.29, 1.82) is 0 Å². The summed E-state index contributed by atoms with van der Waals surface area (Å²) in [4.78, 5) is 33.6. The molecule has 7 nitrogen and oxygen atoms in total. The molecule has 0 atom stereocenters. The van der Waals surface area contributed by atoms with Crippen molar-refractivity contribution >= 4 is 35.3 Å². The van der Waals surface area contributed by atoms with Crippen LogP contribution in [0.25, 0.3) is 0 Å². The average molecular weight is 479 g/mol. The van der Waals surface area contributed by atoms with Crippen LogP contribution in [0, 0.1) is 0 Å². The number of aromatic nitrogens is 2. The fraction of sp³-hybridized carbons (Fsp3) is 0.308. The van der Waals surface area contributed by atoms with Crippen LogP contribution < -0.4 is 10.6 Å². The monoisotopic (exact) mass is 478 g/mol. The Morgan fingerprint density at radius 3 is 2.53 bits per heavy atom. The lowest BCUT2D eigenvalue weighted by molar-refractivity contribution is 0.0635. The van der Waals surface area contributed by atoms with Crippen LogP contribution in [0.5, 0.6) is 0 Å². The largest absolute Gasteiger partial charge is 0.444 e. The first-order chi connectivity index (χ1) is 16.1. The molecule has 1 aromatic carbocycles. The van der Waals surface area contributed by atoms with Gasteiger partial charge in [-0.3, -0.25) is 10.1 Å². The Labute approximate surface area is 204 Å². The number of nitrogens with zero attached hydrogens (tertiary/aromatic N) is 2. The molecule has 0 aliphatic carbocycles. The minimum atomic E-state index is -0.594. The van der Waals surface area contributed by atoms with E-state index in [2.05, 4.69) is 34.4 Å². The zero-order valence-corrected chi connectivity index (χ0v) is 20.9. The molecule has 2 heterocycles. The van der Waals surface area contributed by atoms with Crippen LogP contribution in [0.1, 0.15) is 62.0 Å². The summed E-state index contributed by atoms with van der Waals surface area (Å²) in [5, 5.41) is 6.25. The number of carbonyl (C=O) groups excluding carboxylic acids is 2. The zero-order chi connectivity index (χ0) is 24.7. The van der Waals surface area contributed by atoms with Crippen molar-refractivity contribution in [2.75, 3.05) is 10.6 Å². The molecule has 8 heteroatoms. The number of nitrogens with one attached hydrogen (secondary N) is 2. The normalized spacial score (nSPS) is 11.2. The van der Waals surface area contributed by atoms with Crippen molar-refractivity contribution in [3.63, 3.8) is 0 Å². The molecule has 0 unspecified atom stereocenters. The van der Waals surface area contributed by atoms with Gasteiger partial charge in [-0.15, -0.1) is 11.8 Å². The summed E-state index contributed by atoms with van der Waals surface area (Å²) < 4.78 is 5.27. The van der Waals surface area contributed by atoms with E-state index in [9.17, 15) is 9.59 Å². The van der Waals surface area contributed by atoms with E-state index in [0.29, 0.717) is 28.1 Å². The minimum absolute atomic E-state index is 0.210. The molecule has 2 aromatic heterocycles. The first-order valence-electron chi connectivity index (χ1n) is 11.0. The van der Waals surface area contributed by atoms with Gasteiger partial charge in [-0.1, -0.05) is 26.0 Å². The number of rotatable bonds is 7. The molecular formula is C26H30N4O3S. The molecule has 0 saturated carbocycles. The molecule has 0 saturated heterocycles. The summed E-state index contributed by atoms with van der Waals surface area (Å²) >= 11 is 1.44. The van der Waals surface area contributed by atoms with Crippen molar-refractivity contribution in [1.82, 2.24) is 9.97 Å². The van der Waals surface area contributed by atoms with Crippen LogP contribution in [0.2, 0.25) is 0 Å². The fourth-order valence-corrected chi connectivity index (χ4v) is 3.98. The van der Waals surface area contributed by atoms with E-state index in [1.165, 1.54) is 11.8 Å². The van der Waals surface area contributed by atoms with Gasteiger partial charge in [0.2, 0.25) is 0 Å². The maximum absolute atomic E-state index is 13.0. The third-order valence-corrected chi connectivity index (χ3v) is 5.73. The number of thioether (sulfide) groups is 1. The maximum atomic E-state index is 13.0. The van der Waals surface area contributed by atoms with Gasteiger partial charge >= 0.3 is 6.09 Å². The van der Waals surface area contributed by atoms with E-state index in [0.717, 1.165) is 16.8 Å². The van der Waals surface area contributed by atoms with Gasteiger partial charge in [0.1, 0.15) is 16.4 Å². The molecule has 34 heavy (non-hydrogen) atoms. The van der Waals surface area contributed by atoms with E-state index in [4.69, 9.17) is 4.74 Å². The molecule has 178 valence electrons. The number of anilines is 2. The predicted molar refractivity (Wildman–Crippen MR) is 136 cm³/mol. The first-order valence-corrected chi connectivity index (χ1v) is 12.0. The lowest BCUT2D eigenvalue weighted by Crippen LogP contribution is -2.27. The second-order valence-electron chi connectivity index (χ2n) is 9.06. The third kappa shape index (κ3) is 7.59. The van der Waals surface area contributed by atoms with Crippen LogP contribution in [0.15, 0.2) is 66.0 Å². The van der Waals surface area contributed by atoms with E-state index >= 15 is 0 Å². The number of hydrogen-bond donors (Lipinski definition) is 2. The zero-order valence-electron chi connectivity index (χ0n) is 20.1. The summed E-state index contributed by atoms with van der Waals surface area (Å²) in [6, 6.07) is 15.0. The van der Waals surface area contributed by atoms with Gasteiger partial charge in [-0.25, -0.2) is 14.8 Å². The molecule has 0 aliphatic heterocycles.